The van der Waals surface area contributed by atoms with Gasteiger partial charge in [0, 0.05) is 33.6 Å². The van der Waals surface area contributed by atoms with Gasteiger partial charge in [0.15, 0.2) is 0 Å². The predicted molar refractivity (Wildman–Crippen MR) is 115 cm³/mol. The minimum Gasteiger partial charge on any atom is -0.321 e. The number of carbonyl (C=O) groups excluding carboxylic acids is 1. The summed E-state index contributed by atoms with van der Waals surface area (Å²) in [5.74, 6) is -0.137. The number of amides is 1. The van der Waals surface area contributed by atoms with Crippen LogP contribution in [-0.2, 0) is 4.79 Å². The third-order valence-corrected chi connectivity index (χ3v) is 5.69. The number of halogens is 1. The normalized spacial score (nSPS) is 14.3. The zero-order valence-corrected chi connectivity index (χ0v) is 16.2. The third kappa shape index (κ3) is 2.95. The van der Waals surface area contributed by atoms with Gasteiger partial charge in [-0.25, -0.2) is 4.68 Å². The predicted octanol–water partition coefficient (Wildman–Crippen LogP) is 5.75. The summed E-state index contributed by atoms with van der Waals surface area (Å²) in [4.78, 5) is 13.6. The van der Waals surface area contributed by atoms with Crippen molar-refractivity contribution in [2.45, 2.75) is 0 Å². The Morgan fingerprint density at radius 3 is 2.71 bits per heavy atom. The molecule has 0 bridgehead atoms. The van der Waals surface area contributed by atoms with E-state index in [0.29, 0.717) is 10.6 Å². The number of hydrogen-bond donors (Lipinski definition) is 1. The minimum absolute atomic E-state index is 0.137. The van der Waals surface area contributed by atoms with Crippen LogP contribution in [0.3, 0.4) is 0 Å². The second-order valence-electron chi connectivity index (χ2n) is 6.39. The Hall–Kier alpha value is -3.15. The van der Waals surface area contributed by atoms with Crippen molar-refractivity contribution in [3.05, 3.63) is 88.4 Å². The molecule has 28 heavy (non-hydrogen) atoms. The molecule has 2 aromatic heterocycles. The zero-order valence-electron chi connectivity index (χ0n) is 14.6. The SMILES string of the molecule is O=C1Nc2ccc(Cl)cc2C1=Cc1cn(-c2ccccc2)nc1-c1cccs1. The number of nitrogens with zero attached hydrogens (tertiary/aromatic N) is 2. The average Bonchev–Trinajstić information content (AvgIpc) is 3.43. The molecular weight excluding hydrogens is 390 g/mol. The van der Waals surface area contributed by atoms with E-state index in [4.69, 9.17) is 16.7 Å². The molecule has 0 spiro atoms. The summed E-state index contributed by atoms with van der Waals surface area (Å²) in [7, 11) is 0. The lowest BCUT2D eigenvalue weighted by Gasteiger charge is -1.99. The fraction of sp³-hybridized carbons (Fsp3) is 0. The molecule has 1 aliphatic heterocycles. The fourth-order valence-corrected chi connectivity index (χ4v) is 4.17. The number of carbonyl (C=O) groups is 1. The van der Waals surface area contributed by atoms with Gasteiger partial charge in [-0.15, -0.1) is 11.3 Å². The second kappa shape index (κ2) is 6.78. The highest BCUT2D eigenvalue weighted by atomic mass is 35.5. The molecule has 4 nitrogen and oxygen atoms in total. The molecule has 1 aliphatic rings. The van der Waals surface area contributed by atoms with Crippen LogP contribution in [0.5, 0.6) is 0 Å². The minimum atomic E-state index is -0.137. The lowest BCUT2D eigenvalue weighted by Crippen LogP contribution is -2.03. The van der Waals surface area contributed by atoms with Crippen molar-refractivity contribution >= 4 is 46.2 Å². The Morgan fingerprint density at radius 2 is 1.93 bits per heavy atom. The molecule has 0 unspecified atom stereocenters. The summed E-state index contributed by atoms with van der Waals surface area (Å²) in [6, 6.07) is 19.4. The molecule has 2 aromatic carbocycles. The van der Waals surface area contributed by atoms with Crippen LogP contribution in [0.4, 0.5) is 5.69 Å². The number of thiophene rings is 1. The Kier molecular flexibility index (Phi) is 4.11. The number of anilines is 1. The van der Waals surface area contributed by atoms with E-state index in [9.17, 15) is 4.79 Å². The molecule has 0 saturated heterocycles. The monoisotopic (exact) mass is 403 g/mol. The van der Waals surface area contributed by atoms with E-state index in [1.54, 1.807) is 17.4 Å². The van der Waals surface area contributed by atoms with Crippen LogP contribution in [0.2, 0.25) is 5.02 Å². The maximum absolute atomic E-state index is 12.6. The molecule has 6 heteroatoms. The molecule has 0 aliphatic carbocycles. The molecule has 4 aromatic rings. The highest BCUT2D eigenvalue weighted by Gasteiger charge is 2.25. The van der Waals surface area contributed by atoms with E-state index in [2.05, 4.69) is 5.32 Å². The van der Waals surface area contributed by atoms with Crippen LogP contribution in [0.1, 0.15) is 11.1 Å². The van der Waals surface area contributed by atoms with Crippen molar-refractivity contribution in [2.24, 2.45) is 0 Å². The number of hydrogen-bond acceptors (Lipinski definition) is 3. The van der Waals surface area contributed by atoms with Crippen LogP contribution in [0.25, 0.3) is 27.9 Å². The van der Waals surface area contributed by atoms with E-state index in [1.165, 1.54) is 0 Å². The van der Waals surface area contributed by atoms with Crippen molar-refractivity contribution in [3.63, 3.8) is 0 Å². The Labute approximate surface area is 170 Å². The van der Waals surface area contributed by atoms with E-state index in [0.717, 1.165) is 33.1 Å². The molecule has 136 valence electrons. The number of para-hydroxylation sites is 1. The van der Waals surface area contributed by atoms with Gasteiger partial charge in [0.25, 0.3) is 5.91 Å². The van der Waals surface area contributed by atoms with Crippen LogP contribution in [-0.4, -0.2) is 15.7 Å². The molecule has 0 atom stereocenters. The Bertz CT molecular complexity index is 1210. The summed E-state index contributed by atoms with van der Waals surface area (Å²) in [6.07, 6.45) is 3.84. The first-order valence-corrected chi connectivity index (χ1v) is 9.97. The molecule has 0 radical (unpaired) electrons. The number of aromatic nitrogens is 2. The summed E-state index contributed by atoms with van der Waals surface area (Å²) >= 11 is 7.77. The number of rotatable bonds is 3. The average molecular weight is 404 g/mol. The quantitative estimate of drug-likeness (QED) is 0.443. The Morgan fingerprint density at radius 1 is 1.07 bits per heavy atom. The molecule has 0 saturated carbocycles. The van der Waals surface area contributed by atoms with Gasteiger partial charge in [-0.1, -0.05) is 35.9 Å². The van der Waals surface area contributed by atoms with Gasteiger partial charge < -0.3 is 5.32 Å². The van der Waals surface area contributed by atoms with E-state index in [1.807, 2.05) is 76.9 Å². The van der Waals surface area contributed by atoms with Crippen LogP contribution >= 0.6 is 22.9 Å². The molecule has 3 heterocycles. The Balaban J connectivity index is 1.68. The third-order valence-electron chi connectivity index (χ3n) is 4.58. The maximum Gasteiger partial charge on any atom is 0.256 e. The first kappa shape index (κ1) is 17.0. The van der Waals surface area contributed by atoms with Gasteiger partial charge in [-0.05, 0) is 47.9 Å². The van der Waals surface area contributed by atoms with Crippen LogP contribution in [0.15, 0.2) is 72.2 Å². The molecule has 1 amide bonds. The molecule has 5 rings (SSSR count). The zero-order chi connectivity index (χ0) is 19.1. The standard InChI is InChI=1S/C22H14ClN3OS/c23-15-8-9-19-17(12-15)18(22(27)24-19)11-14-13-26(16-5-2-1-3-6-16)25-21(14)20-7-4-10-28-20/h1-13H,(H,24,27). The first-order valence-electron chi connectivity index (χ1n) is 8.71. The van der Waals surface area contributed by atoms with Crippen LogP contribution < -0.4 is 5.32 Å². The summed E-state index contributed by atoms with van der Waals surface area (Å²) in [6.45, 7) is 0. The lowest BCUT2D eigenvalue weighted by atomic mass is 10.0. The largest absolute Gasteiger partial charge is 0.321 e. The van der Waals surface area contributed by atoms with E-state index >= 15 is 0 Å². The summed E-state index contributed by atoms with van der Waals surface area (Å²) in [5.41, 5.74) is 4.85. The van der Waals surface area contributed by atoms with Crippen molar-refractivity contribution in [3.8, 4) is 16.3 Å². The van der Waals surface area contributed by atoms with Gasteiger partial charge in [0.05, 0.1) is 10.6 Å². The van der Waals surface area contributed by atoms with Gasteiger partial charge in [-0.2, -0.15) is 5.10 Å². The van der Waals surface area contributed by atoms with Crippen molar-refractivity contribution in [1.82, 2.24) is 9.78 Å². The fourth-order valence-electron chi connectivity index (χ4n) is 3.27. The lowest BCUT2D eigenvalue weighted by molar-refractivity contribution is -0.110. The van der Waals surface area contributed by atoms with Crippen molar-refractivity contribution in [2.75, 3.05) is 5.32 Å². The number of nitrogens with one attached hydrogen (secondary N) is 1. The van der Waals surface area contributed by atoms with Crippen LogP contribution in [0, 0.1) is 0 Å². The summed E-state index contributed by atoms with van der Waals surface area (Å²) in [5, 5.41) is 10.3. The highest BCUT2D eigenvalue weighted by molar-refractivity contribution is 7.13. The summed E-state index contributed by atoms with van der Waals surface area (Å²) < 4.78 is 1.84. The highest BCUT2D eigenvalue weighted by Crippen LogP contribution is 2.37. The topological polar surface area (TPSA) is 46.9 Å². The van der Waals surface area contributed by atoms with Gasteiger partial charge in [0.2, 0.25) is 0 Å². The second-order valence-corrected chi connectivity index (χ2v) is 7.78. The molecule has 1 N–H and O–H groups in total. The number of benzene rings is 2. The van der Waals surface area contributed by atoms with Gasteiger partial charge >= 0.3 is 0 Å². The van der Waals surface area contributed by atoms with E-state index < -0.39 is 0 Å². The smallest absolute Gasteiger partial charge is 0.256 e. The number of fused-ring (bicyclic) bond motifs is 1. The first-order chi connectivity index (χ1) is 13.7. The van der Waals surface area contributed by atoms with E-state index in [-0.39, 0.29) is 5.91 Å². The van der Waals surface area contributed by atoms with Gasteiger partial charge in [-0.3, -0.25) is 4.79 Å². The van der Waals surface area contributed by atoms with Gasteiger partial charge in [0.1, 0.15) is 5.69 Å². The maximum atomic E-state index is 12.6. The molecular formula is C22H14ClN3OS. The van der Waals surface area contributed by atoms with Crippen molar-refractivity contribution < 1.29 is 4.79 Å². The van der Waals surface area contributed by atoms with Crippen molar-refractivity contribution in [1.29, 1.82) is 0 Å². The molecule has 0 fully saturated rings.